The Bertz CT molecular complexity index is 235. The van der Waals surface area contributed by atoms with Gasteiger partial charge in [0, 0.05) is 26.2 Å². The molecule has 0 heterocycles. The van der Waals surface area contributed by atoms with Gasteiger partial charge in [-0.3, -0.25) is 4.79 Å². The van der Waals surface area contributed by atoms with Crippen LogP contribution in [0.3, 0.4) is 0 Å². The Balaban J connectivity index is 2.02. The highest BCUT2D eigenvalue weighted by Gasteiger charge is 2.29. The second-order valence-corrected chi connectivity index (χ2v) is 4.68. The maximum absolute atomic E-state index is 11.8. The van der Waals surface area contributed by atoms with Crippen molar-refractivity contribution in [1.82, 2.24) is 0 Å². The van der Waals surface area contributed by atoms with E-state index in [1.807, 2.05) is 0 Å². The second kappa shape index (κ2) is 9.30. The van der Waals surface area contributed by atoms with E-state index in [0.29, 0.717) is 26.4 Å². The zero-order valence-corrected chi connectivity index (χ0v) is 11.2. The lowest BCUT2D eigenvalue weighted by atomic mass is 9.85. The molecule has 5 heteroatoms. The Kier molecular flexibility index (Phi) is 7.96. The topological polar surface area (TPSA) is 70.8 Å². The minimum Gasteiger partial charge on any atom is -0.465 e. The summed E-state index contributed by atoms with van der Waals surface area (Å²) in [4.78, 5) is 11.8. The van der Waals surface area contributed by atoms with Gasteiger partial charge in [-0.25, -0.2) is 0 Å². The van der Waals surface area contributed by atoms with Crippen LogP contribution in [0.5, 0.6) is 0 Å². The molecule has 0 aliphatic heterocycles. The van der Waals surface area contributed by atoms with Crippen molar-refractivity contribution in [3.63, 3.8) is 0 Å². The largest absolute Gasteiger partial charge is 0.465 e. The molecule has 1 rings (SSSR count). The van der Waals surface area contributed by atoms with Gasteiger partial charge in [-0.05, 0) is 12.8 Å². The van der Waals surface area contributed by atoms with E-state index >= 15 is 0 Å². The molecule has 0 aromatic heterocycles. The summed E-state index contributed by atoms with van der Waals surface area (Å²) in [7, 11) is 1.64. The molecule has 18 heavy (non-hydrogen) atoms. The van der Waals surface area contributed by atoms with E-state index in [4.69, 9.17) is 19.9 Å². The van der Waals surface area contributed by atoms with Crippen LogP contribution >= 0.6 is 0 Å². The molecule has 5 nitrogen and oxygen atoms in total. The highest BCUT2D eigenvalue weighted by molar-refractivity contribution is 5.73. The van der Waals surface area contributed by atoms with E-state index in [-0.39, 0.29) is 17.9 Å². The molecular formula is C13H25NO4. The van der Waals surface area contributed by atoms with Gasteiger partial charge in [0.2, 0.25) is 0 Å². The molecule has 0 saturated heterocycles. The standard InChI is InChI=1S/C13H25NO4/c1-16-9-10-17-7-4-8-18-13(15)11-5-2-3-6-12(11)14/h11-12H,2-10,14H2,1H3. The fourth-order valence-corrected chi connectivity index (χ4v) is 2.14. The fourth-order valence-electron chi connectivity index (χ4n) is 2.14. The van der Waals surface area contributed by atoms with Crippen LogP contribution in [0.2, 0.25) is 0 Å². The van der Waals surface area contributed by atoms with E-state index < -0.39 is 0 Å². The summed E-state index contributed by atoms with van der Waals surface area (Å²) in [5.74, 6) is -0.243. The Morgan fingerprint density at radius 1 is 1.17 bits per heavy atom. The maximum atomic E-state index is 11.8. The molecule has 0 amide bonds. The minimum absolute atomic E-state index is 0.0239. The van der Waals surface area contributed by atoms with Gasteiger partial charge in [-0.15, -0.1) is 0 Å². The Labute approximate surface area is 109 Å². The average molecular weight is 259 g/mol. The first-order chi connectivity index (χ1) is 8.75. The van der Waals surface area contributed by atoms with Crippen LogP contribution in [-0.4, -0.2) is 45.5 Å². The first kappa shape index (κ1) is 15.4. The van der Waals surface area contributed by atoms with Crippen molar-refractivity contribution < 1.29 is 19.0 Å². The minimum atomic E-state index is -0.140. The number of nitrogens with two attached hydrogens (primary N) is 1. The molecule has 2 unspecified atom stereocenters. The number of carbonyl (C=O) groups excluding carboxylic acids is 1. The third-order valence-corrected chi connectivity index (χ3v) is 3.23. The zero-order valence-electron chi connectivity index (χ0n) is 11.2. The van der Waals surface area contributed by atoms with Crippen molar-refractivity contribution in [2.75, 3.05) is 33.5 Å². The van der Waals surface area contributed by atoms with E-state index in [9.17, 15) is 4.79 Å². The first-order valence-corrected chi connectivity index (χ1v) is 6.74. The number of esters is 1. The fraction of sp³-hybridized carbons (Fsp3) is 0.923. The molecule has 1 aliphatic carbocycles. The molecular weight excluding hydrogens is 234 g/mol. The van der Waals surface area contributed by atoms with Crippen LogP contribution in [0.4, 0.5) is 0 Å². The molecule has 2 atom stereocenters. The normalized spacial score (nSPS) is 23.9. The predicted octanol–water partition coefficient (Wildman–Crippen LogP) is 1.10. The summed E-state index contributed by atoms with van der Waals surface area (Å²) in [6.07, 6.45) is 4.72. The predicted molar refractivity (Wildman–Crippen MR) is 68.2 cm³/mol. The van der Waals surface area contributed by atoms with Gasteiger partial charge in [0.25, 0.3) is 0 Å². The quantitative estimate of drug-likeness (QED) is 0.522. The Morgan fingerprint density at radius 3 is 2.67 bits per heavy atom. The number of hydrogen-bond acceptors (Lipinski definition) is 5. The van der Waals surface area contributed by atoms with Gasteiger partial charge in [0.05, 0.1) is 25.7 Å². The van der Waals surface area contributed by atoms with Gasteiger partial charge in [0.1, 0.15) is 0 Å². The van der Waals surface area contributed by atoms with Crippen molar-refractivity contribution in [3.05, 3.63) is 0 Å². The molecule has 0 aromatic rings. The van der Waals surface area contributed by atoms with Crippen molar-refractivity contribution in [2.24, 2.45) is 11.7 Å². The molecule has 0 aromatic carbocycles. The summed E-state index contributed by atoms with van der Waals surface area (Å²) < 4.78 is 15.4. The molecule has 0 spiro atoms. The monoisotopic (exact) mass is 259 g/mol. The second-order valence-electron chi connectivity index (χ2n) is 4.68. The molecule has 1 fully saturated rings. The van der Waals surface area contributed by atoms with Crippen molar-refractivity contribution in [3.8, 4) is 0 Å². The summed E-state index contributed by atoms with van der Waals surface area (Å²) in [6, 6.07) is -0.0239. The smallest absolute Gasteiger partial charge is 0.310 e. The summed E-state index contributed by atoms with van der Waals surface area (Å²) >= 11 is 0. The molecule has 0 bridgehead atoms. The lowest BCUT2D eigenvalue weighted by Crippen LogP contribution is -2.39. The number of hydrogen-bond donors (Lipinski definition) is 1. The lowest BCUT2D eigenvalue weighted by Gasteiger charge is -2.26. The molecule has 106 valence electrons. The summed E-state index contributed by atoms with van der Waals surface area (Å²) in [6.45, 7) is 2.18. The van der Waals surface area contributed by atoms with Crippen LogP contribution in [0, 0.1) is 5.92 Å². The highest BCUT2D eigenvalue weighted by Crippen LogP contribution is 2.23. The summed E-state index contributed by atoms with van der Waals surface area (Å²) in [5, 5.41) is 0. The number of ether oxygens (including phenoxy) is 3. The number of carbonyl (C=O) groups is 1. The van der Waals surface area contributed by atoms with Gasteiger partial charge < -0.3 is 19.9 Å². The van der Waals surface area contributed by atoms with E-state index in [1.165, 1.54) is 0 Å². The molecule has 1 aliphatic rings. The van der Waals surface area contributed by atoms with Crippen molar-refractivity contribution >= 4 is 5.97 Å². The van der Waals surface area contributed by atoms with Gasteiger partial charge in [0.15, 0.2) is 0 Å². The van der Waals surface area contributed by atoms with E-state index in [2.05, 4.69) is 0 Å². The van der Waals surface area contributed by atoms with E-state index in [0.717, 1.165) is 32.1 Å². The third-order valence-electron chi connectivity index (χ3n) is 3.23. The van der Waals surface area contributed by atoms with Crippen LogP contribution in [-0.2, 0) is 19.0 Å². The highest BCUT2D eigenvalue weighted by atomic mass is 16.5. The number of methoxy groups -OCH3 is 1. The van der Waals surface area contributed by atoms with Crippen LogP contribution in [0.15, 0.2) is 0 Å². The van der Waals surface area contributed by atoms with Crippen molar-refractivity contribution in [2.45, 2.75) is 38.1 Å². The van der Waals surface area contributed by atoms with E-state index in [1.54, 1.807) is 7.11 Å². The third kappa shape index (κ3) is 5.80. The molecule has 2 N–H and O–H groups in total. The van der Waals surface area contributed by atoms with Crippen LogP contribution in [0.25, 0.3) is 0 Å². The molecule has 0 radical (unpaired) electrons. The SMILES string of the molecule is COCCOCCCOC(=O)C1CCCCC1N. The molecule has 1 saturated carbocycles. The van der Waals surface area contributed by atoms with Crippen LogP contribution < -0.4 is 5.73 Å². The van der Waals surface area contributed by atoms with Crippen molar-refractivity contribution in [1.29, 1.82) is 0 Å². The zero-order chi connectivity index (χ0) is 13.2. The first-order valence-electron chi connectivity index (χ1n) is 6.74. The van der Waals surface area contributed by atoms with Gasteiger partial charge >= 0.3 is 5.97 Å². The average Bonchev–Trinajstić information content (AvgIpc) is 2.38. The van der Waals surface area contributed by atoms with Crippen LogP contribution in [0.1, 0.15) is 32.1 Å². The lowest BCUT2D eigenvalue weighted by molar-refractivity contribution is -0.150. The Hall–Kier alpha value is -0.650. The number of rotatable bonds is 8. The van der Waals surface area contributed by atoms with Gasteiger partial charge in [-0.2, -0.15) is 0 Å². The Morgan fingerprint density at radius 2 is 1.94 bits per heavy atom. The van der Waals surface area contributed by atoms with Gasteiger partial charge in [-0.1, -0.05) is 12.8 Å². The summed E-state index contributed by atoms with van der Waals surface area (Å²) in [5.41, 5.74) is 5.93. The maximum Gasteiger partial charge on any atom is 0.310 e.